The smallest absolute Gasteiger partial charge is 0.281 e. The van der Waals surface area contributed by atoms with Crippen molar-refractivity contribution < 1.29 is 9.18 Å². The Balaban J connectivity index is 3.78. The third-order valence-electron chi connectivity index (χ3n) is 2.32. The minimum atomic E-state index is -0.879. The number of carbonyl (C=O) groups excluding carboxylic acids is 1. The summed E-state index contributed by atoms with van der Waals surface area (Å²) in [5.41, 5.74) is 0. The highest BCUT2D eigenvalue weighted by Crippen LogP contribution is 2.11. The summed E-state index contributed by atoms with van der Waals surface area (Å²) in [6.07, 6.45) is 3.22. The van der Waals surface area contributed by atoms with Gasteiger partial charge in [-0.3, -0.25) is 4.79 Å². The predicted octanol–water partition coefficient (Wildman–Crippen LogP) is 2.75. The van der Waals surface area contributed by atoms with Crippen LogP contribution < -0.4 is 0 Å². The van der Waals surface area contributed by atoms with Crippen LogP contribution in [0.5, 0.6) is 0 Å². The van der Waals surface area contributed by atoms with Gasteiger partial charge >= 0.3 is 0 Å². The molecule has 3 heteroatoms. The molecular formula is C11H20FNO. The first kappa shape index (κ1) is 13.1. The zero-order valence-corrected chi connectivity index (χ0v) is 9.35. The van der Waals surface area contributed by atoms with E-state index in [1.807, 2.05) is 0 Å². The lowest BCUT2D eigenvalue weighted by atomic mass is 10.0. The molecule has 0 aromatic rings. The quantitative estimate of drug-likeness (QED) is 0.605. The minimum Gasteiger partial charge on any atom is -0.340 e. The number of amides is 1. The summed E-state index contributed by atoms with van der Waals surface area (Å²) >= 11 is 0. The Labute approximate surface area is 85.8 Å². The van der Waals surface area contributed by atoms with Gasteiger partial charge in [-0.05, 0) is 12.3 Å². The van der Waals surface area contributed by atoms with Crippen molar-refractivity contribution in [2.45, 2.75) is 33.1 Å². The molecule has 2 nitrogen and oxygen atoms in total. The van der Waals surface area contributed by atoms with E-state index in [-0.39, 0.29) is 0 Å². The molecule has 0 aliphatic rings. The van der Waals surface area contributed by atoms with Crippen molar-refractivity contribution in [3.8, 4) is 0 Å². The van der Waals surface area contributed by atoms with Crippen LogP contribution >= 0.6 is 0 Å². The van der Waals surface area contributed by atoms with Gasteiger partial charge < -0.3 is 4.90 Å². The van der Waals surface area contributed by atoms with Gasteiger partial charge in [0.15, 0.2) is 5.83 Å². The van der Waals surface area contributed by atoms with Crippen LogP contribution in [0.4, 0.5) is 4.39 Å². The van der Waals surface area contributed by atoms with Crippen molar-refractivity contribution in [1.82, 2.24) is 4.90 Å². The second-order valence-electron chi connectivity index (χ2n) is 3.81. The third-order valence-corrected chi connectivity index (χ3v) is 2.32. The van der Waals surface area contributed by atoms with Gasteiger partial charge in [-0.15, -0.1) is 0 Å². The maximum Gasteiger partial charge on any atom is 0.281 e. The standard InChI is InChI=1S/C11H20FNO/c1-5-6-9(2)7-8-13(4)11(14)10(3)12/h9H,3,5-8H2,1-2,4H3. The maximum atomic E-state index is 12.4. The minimum absolute atomic E-state index is 0.586. The van der Waals surface area contributed by atoms with Crippen LogP contribution in [0.25, 0.3) is 0 Å². The molecule has 0 rings (SSSR count). The SMILES string of the molecule is C=C(F)C(=O)N(C)CCC(C)CCC. The fourth-order valence-electron chi connectivity index (χ4n) is 1.36. The topological polar surface area (TPSA) is 20.3 Å². The second kappa shape index (κ2) is 6.57. The molecule has 0 heterocycles. The van der Waals surface area contributed by atoms with Gasteiger partial charge in [0.2, 0.25) is 0 Å². The van der Waals surface area contributed by atoms with Gasteiger partial charge in [0.05, 0.1) is 0 Å². The summed E-state index contributed by atoms with van der Waals surface area (Å²) in [6.45, 7) is 7.86. The van der Waals surface area contributed by atoms with E-state index in [2.05, 4.69) is 20.4 Å². The average molecular weight is 201 g/mol. The summed E-state index contributed by atoms with van der Waals surface area (Å²) in [6, 6.07) is 0. The van der Waals surface area contributed by atoms with Gasteiger partial charge in [-0.2, -0.15) is 0 Å². The number of likely N-dealkylation sites (N-methyl/N-ethyl adjacent to an activating group) is 1. The first-order valence-corrected chi connectivity index (χ1v) is 5.08. The largest absolute Gasteiger partial charge is 0.340 e. The first-order valence-electron chi connectivity index (χ1n) is 5.08. The second-order valence-corrected chi connectivity index (χ2v) is 3.81. The van der Waals surface area contributed by atoms with E-state index >= 15 is 0 Å². The van der Waals surface area contributed by atoms with Crippen LogP contribution in [0.2, 0.25) is 0 Å². The van der Waals surface area contributed by atoms with E-state index in [0.717, 1.165) is 19.3 Å². The van der Waals surface area contributed by atoms with Crippen LogP contribution in [-0.2, 0) is 4.79 Å². The summed E-state index contributed by atoms with van der Waals surface area (Å²) in [5.74, 6) is -0.896. The van der Waals surface area contributed by atoms with Gasteiger partial charge in [0.1, 0.15) is 0 Å². The van der Waals surface area contributed by atoms with Crippen molar-refractivity contribution >= 4 is 5.91 Å². The van der Waals surface area contributed by atoms with E-state index in [0.29, 0.717) is 12.5 Å². The van der Waals surface area contributed by atoms with Crippen molar-refractivity contribution in [2.24, 2.45) is 5.92 Å². The summed E-state index contributed by atoms with van der Waals surface area (Å²) < 4.78 is 12.4. The molecule has 1 unspecified atom stereocenters. The van der Waals surface area contributed by atoms with E-state index in [1.165, 1.54) is 4.90 Å². The van der Waals surface area contributed by atoms with Crippen LogP contribution in [0.15, 0.2) is 12.4 Å². The summed E-state index contributed by atoms with van der Waals surface area (Å²) in [7, 11) is 1.60. The van der Waals surface area contributed by atoms with Gasteiger partial charge in [0.25, 0.3) is 5.91 Å². The first-order chi connectivity index (χ1) is 6.49. The number of hydrogen-bond acceptors (Lipinski definition) is 1. The number of hydrogen-bond donors (Lipinski definition) is 0. The van der Waals surface area contributed by atoms with Gasteiger partial charge in [-0.25, -0.2) is 4.39 Å². The zero-order valence-electron chi connectivity index (χ0n) is 9.35. The van der Waals surface area contributed by atoms with Crippen molar-refractivity contribution in [2.75, 3.05) is 13.6 Å². The fourth-order valence-corrected chi connectivity index (χ4v) is 1.36. The molecule has 82 valence electrons. The molecule has 0 fully saturated rings. The van der Waals surface area contributed by atoms with Crippen molar-refractivity contribution in [3.05, 3.63) is 12.4 Å². The number of halogens is 1. The molecule has 0 aromatic carbocycles. The van der Waals surface area contributed by atoms with Crippen LogP contribution in [-0.4, -0.2) is 24.4 Å². The van der Waals surface area contributed by atoms with Gasteiger partial charge in [-0.1, -0.05) is 33.3 Å². The Morgan fingerprint density at radius 3 is 2.50 bits per heavy atom. The molecule has 14 heavy (non-hydrogen) atoms. The predicted molar refractivity (Wildman–Crippen MR) is 56.6 cm³/mol. The molecule has 0 bridgehead atoms. The Morgan fingerprint density at radius 2 is 2.07 bits per heavy atom. The van der Waals surface area contributed by atoms with E-state index in [4.69, 9.17) is 0 Å². The molecule has 1 atom stereocenters. The Bertz CT molecular complexity index is 203. The molecule has 1 amide bonds. The van der Waals surface area contributed by atoms with E-state index < -0.39 is 11.7 Å². The number of rotatable bonds is 6. The van der Waals surface area contributed by atoms with Gasteiger partial charge in [0, 0.05) is 13.6 Å². The lowest BCUT2D eigenvalue weighted by Gasteiger charge is -2.18. The monoisotopic (exact) mass is 201 g/mol. The highest BCUT2D eigenvalue weighted by atomic mass is 19.1. The molecule has 0 saturated carbocycles. The molecule has 0 saturated heterocycles. The van der Waals surface area contributed by atoms with E-state index in [1.54, 1.807) is 7.05 Å². The Kier molecular flexibility index (Phi) is 6.17. The zero-order chi connectivity index (χ0) is 11.1. The molecule has 0 aliphatic heterocycles. The van der Waals surface area contributed by atoms with Crippen molar-refractivity contribution in [1.29, 1.82) is 0 Å². The highest BCUT2D eigenvalue weighted by molar-refractivity contribution is 5.90. The number of nitrogens with zero attached hydrogens (tertiary/aromatic N) is 1. The van der Waals surface area contributed by atoms with E-state index in [9.17, 15) is 9.18 Å². The third kappa shape index (κ3) is 5.00. The van der Waals surface area contributed by atoms with Crippen LogP contribution in [0.3, 0.4) is 0 Å². The average Bonchev–Trinajstić information content (AvgIpc) is 2.13. The molecular weight excluding hydrogens is 181 g/mol. The van der Waals surface area contributed by atoms with Crippen molar-refractivity contribution in [3.63, 3.8) is 0 Å². The molecule has 0 aromatic heterocycles. The Morgan fingerprint density at radius 1 is 1.50 bits per heavy atom. The number of carbonyl (C=O) groups is 1. The fraction of sp³-hybridized carbons (Fsp3) is 0.727. The molecule has 0 spiro atoms. The molecule has 0 N–H and O–H groups in total. The Hall–Kier alpha value is -0.860. The van der Waals surface area contributed by atoms with Crippen LogP contribution in [0, 0.1) is 5.92 Å². The summed E-state index contributed by atoms with van der Waals surface area (Å²) in [5, 5.41) is 0. The molecule has 0 aliphatic carbocycles. The lowest BCUT2D eigenvalue weighted by molar-refractivity contribution is -0.127. The molecule has 0 radical (unpaired) electrons. The highest BCUT2D eigenvalue weighted by Gasteiger charge is 2.12. The lowest BCUT2D eigenvalue weighted by Crippen LogP contribution is -2.28. The normalized spacial score (nSPS) is 12.3. The maximum absolute atomic E-state index is 12.4. The van der Waals surface area contributed by atoms with Crippen LogP contribution in [0.1, 0.15) is 33.1 Å². The summed E-state index contributed by atoms with van der Waals surface area (Å²) in [4.78, 5) is 12.4.